The largest absolute Gasteiger partial charge is 0.309 e. The molecule has 0 radical (unpaired) electrons. The quantitative estimate of drug-likeness (QED) is 0.163. The molecule has 0 atom stereocenters. The van der Waals surface area contributed by atoms with E-state index in [2.05, 4.69) is 180 Å². The maximum Gasteiger partial charge on any atom is 0.174 e. The fourth-order valence-electron chi connectivity index (χ4n) is 7.96. The number of benzene rings is 8. The van der Waals surface area contributed by atoms with Crippen molar-refractivity contribution < 1.29 is 0 Å². The first kappa shape index (κ1) is 33.8. The monoisotopic (exact) mass is 758 g/mol. The SMILES string of the molecule is c1ccc(-c2ccc3c(c2)c2cc(-c4ccccc4)ccc2n3-c2ccc(-c3ccc(-c4nc(-c5ccccc5)nc(-c5cc6ccccc6s5)n4)cc3)cc2)cc1. The van der Waals surface area contributed by atoms with Gasteiger partial charge in [0.2, 0.25) is 0 Å². The molecule has 0 spiro atoms. The second-order valence-electron chi connectivity index (χ2n) is 14.5. The molecule has 0 N–H and O–H groups in total. The van der Waals surface area contributed by atoms with Crippen molar-refractivity contribution in [1.29, 1.82) is 0 Å². The van der Waals surface area contributed by atoms with Crippen molar-refractivity contribution in [3.63, 3.8) is 0 Å². The Morgan fingerprint density at radius 3 is 1.29 bits per heavy atom. The van der Waals surface area contributed by atoms with Crippen LogP contribution < -0.4 is 0 Å². The van der Waals surface area contributed by atoms with Gasteiger partial charge in [-0.05, 0) is 87.3 Å². The third kappa shape index (κ3) is 6.15. The minimum atomic E-state index is 0.653. The lowest BCUT2D eigenvalue weighted by Gasteiger charge is -2.11. The minimum absolute atomic E-state index is 0.653. The van der Waals surface area contributed by atoms with Gasteiger partial charge in [0.05, 0.1) is 15.9 Å². The van der Waals surface area contributed by atoms with E-state index in [1.807, 2.05) is 30.3 Å². The Morgan fingerprint density at radius 2 is 0.741 bits per heavy atom. The summed E-state index contributed by atoms with van der Waals surface area (Å²) in [4.78, 5) is 16.0. The van der Waals surface area contributed by atoms with Gasteiger partial charge in [0.25, 0.3) is 0 Å². The van der Waals surface area contributed by atoms with Gasteiger partial charge in [-0.1, -0.05) is 158 Å². The first-order chi connectivity index (χ1) is 28.7. The smallest absolute Gasteiger partial charge is 0.174 e. The predicted octanol–water partition coefficient (Wildman–Crippen LogP) is 14.2. The average molecular weight is 759 g/mol. The average Bonchev–Trinajstić information content (AvgIpc) is 3.89. The van der Waals surface area contributed by atoms with Crippen LogP contribution in [0.4, 0.5) is 0 Å². The van der Waals surface area contributed by atoms with Crippen molar-refractivity contribution in [1.82, 2.24) is 19.5 Å². The van der Waals surface area contributed by atoms with E-state index in [1.165, 1.54) is 54.1 Å². The summed E-state index contributed by atoms with van der Waals surface area (Å²) in [7, 11) is 0. The number of fused-ring (bicyclic) bond motifs is 4. The summed E-state index contributed by atoms with van der Waals surface area (Å²) in [5, 5.41) is 3.66. The normalized spacial score (nSPS) is 11.4. The minimum Gasteiger partial charge on any atom is -0.309 e. The lowest BCUT2D eigenvalue weighted by Crippen LogP contribution is -1.99. The molecule has 272 valence electrons. The maximum atomic E-state index is 5.02. The van der Waals surface area contributed by atoms with Gasteiger partial charge in [-0.15, -0.1) is 11.3 Å². The van der Waals surface area contributed by atoms with E-state index in [9.17, 15) is 0 Å². The number of rotatable bonds is 7. The Kier molecular flexibility index (Phi) is 8.30. The maximum absolute atomic E-state index is 5.02. The molecule has 0 amide bonds. The Balaban J connectivity index is 0.956. The molecule has 5 heteroatoms. The van der Waals surface area contributed by atoms with Crippen LogP contribution in [0.3, 0.4) is 0 Å². The molecule has 0 aliphatic carbocycles. The zero-order valence-electron chi connectivity index (χ0n) is 31.3. The first-order valence-corrected chi connectivity index (χ1v) is 20.2. The van der Waals surface area contributed by atoms with Crippen LogP contribution in [0.25, 0.3) is 104 Å². The highest BCUT2D eigenvalue weighted by molar-refractivity contribution is 7.22. The zero-order chi connectivity index (χ0) is 38.4. The number of nitrogens with zero attached hydrogens (tertiary/aromatic N) is 4. The van der Waals surface area contributed by atoms with Crippen LogP contribution in [-0.4, -0.2) is 19.5 Å². The molecule has 0 bridgehead atoms. The van der Waals surface area contributed by atoms with Crippen molar-refractivity contribution in [2.45, 2.75) is 0 Å². The molecule has 0 unspecified atom stereocenters. The van der Waals surface area contributed by atoms with Gasteiger partial charge in [-0.25, -0.2) is 15.0 Å². The number of hydrogen-bond acceptors (Lipinski definition) is 4. The van der Waals surface area contributed by atoms with Crippen LogP contribution in [0.1, 0.15) is 0 Å². The van der Waals surface area contributed by atoms with Crippen molar-refractivity contribution in [2.75, 3.05) is 0 Å². The Hall–Kier alpha value is -7.47. The van der Waals surface area contributed by atoms with Crippen LogP contribution in [-0.2, 0) is 0 Å². The molecule has 3 heterocycles. The summed E-state index contributed by atoms with van der Waals surface area (Å²) in [6, 6.07) is 73.1. The highest BCUT2D eigenvalue weighted by Gasteiger charge is 2.17. The van der Waals surface area contributed by atoms with Gasteiger partial charge in [0, 0.05) is 32.3 Å². The van der Waals surface area contributed by atoms with Crippen LogP contribution in [0, 0.1) is 0 Å². The molecular formula is C53H34N4S. The van der Waals surface area contributed by atoms with Crippen molar-refractivity contribution >= 4 is 43.2 Å². The molecule has 58 heavy (non-hydrogen) atoms. The van der Waals surface area contributed by atoms with Crippen LogP contribution in [0.5, 0.6) is 0 Å². The summed E-state index contributed by atoms with van der Waals surface area (Å²) in [5.41, 5.74) is 12.5. The third-order valence-corrected chi connectivity index (χ3v) is 12.0. The molecule has 11 aromatic rings. The Labute approximate surface area is 340 Å². The number of thiophene rings is 1. The number of aromatic nitrogens is 4. The predicted molar refractivity (Wildman–Crippen MR) is 242 cm³/mol. The van der Waals surface area contributed by atoms with Gasteiger partial charge in [0.15, 0.2) is 17.5 Å². The molecule has 3 aromatic heterocycles. The van der Waals surface area contributed by atoms with E-state index in [0.29, 0.717) is 17.5 Å². The standard InChI is InChI=1S/C53H34N4S/c1-4-12-35(13-5-1)41-26-30-47-45(32-41)46-33-42(36-14-6-2-7-15-36)27-31-48(46)57(47)44-28-24-38(25-29-44)37-20-22-40(23-21-37)52-54-51(39-16-8-3-9-17-39)55-53(56-52)50-34-43-18-10-11-19-49(43)58-50/h1-34H. The van der Waals surface area contributed by atoms with Crippen molar-refractivity contribution in [2.24, 2.45) is 0 Å². The van der Waals surface area contributed by atoms with Gasteiger partial charge in [-0.2, -0.15) is 0 Å². The molecule has 4 nitrogen and oxygen atoms in total. The third-order valence-electron chi connectivity index (χ3n) is 10.9. The Morgan fingerprint density at radius 1 is 0.328 bits per heavy atom. The lowest BCUT2D eigenvalue weighted by atomic mass is 10.0. The van der Waals surface area contributed by atoms with Gasteiger partial charge in [-0.3, -0.25) is 0 Å². The van der Waals surface area contributed by atoms with Crippen LogP contribution in [0.2, 0.25) is 0 Å². The lowest BCUT2D eigenvalue weighted by molar-refractivity contribution is 1.08. The highest BCUT2D eigenvalue weighted by atomic mass is 32.1. The van der Waals surface area contributed by atoms with E-state index in [-0.39, 0.29) is 0 Å². The molecule has 0 aliphatic heterocycles. The molecule has 0 saturated carbocycles. The molecule has 11 rings (SSSR count). The van der Waals surface area contributed by atoms with E-state index >= 15 is 0 Å². The molecule has 0 saturated heterocycles. The second-order valence-corrected chi connectivity index (χ2v) is 15.6. The molecular weight excluding hydrogens is 725 g/mol. The molecule has 0 fully saturated rings. The highest BCUT2D eigenvalue weighted by Crippen LogP contribution is 2.38. The summed E-state index contributed by atoms with van der Waals surface area (Å²) in [6.45, 7) is 0. The fraction of sp³-hybridized carbons (Fsp3) is 0. The first-order valence-electron chi connectivity index (χ1n) is 19.4. The fourth-order valence-corrected chi connectivity index (χ4v) is 8.96. The van der Waals surface area contributed by atoms with E-state index in [1.54, 1.807) is 11.3 Å². The summed E-state index contributed by atoms with van der Waals surface area (Å²) in [6.07, 6.45) is 0. The number of hydrogen-bond donors (Lipinski definition) is 0. The van der Waals surface area contributed by atoms with Gasteiger partial charge < -0.3 is 4.57 Å². The Bertz CT molecular complexity index is 3110. The summed E-state index contributed by atoms with van der Waals surface area (Å²) < 4.78 is 3.60. The zero-order valence-corrected chi connectivity index (χ0v) is 32.1. The molecule has 0 aliphatic rings. The summed E-state index contributed by atoms with van der Waals surface area (Å²) >= 11 is 1.70. The van der Waals surface area contributed by atoms with Gasteiger partial charge >= 0.3 is 0 Å². The topological polar surface area (TPSA) is 43.6 Å². The van der Waals surface area contributed by atoms with Crippen LogP contribution >= 0.6 is 11.3 Å². The van der Waals surface area contributed by atoms with E-state index in [0.717, 1.165) is 32.8 Å². The van der Waals surface area contributed by atoms with Crippen molar-refractivity contribution in [3.8, 4) is 72.5 Å². The van der Waals surface area contributed by atoms with E-state index < -0.39 is 0 Å². The summed E-state index contributed by atoms with van der Waals surface area (Å²) in [5.74, 6) is 2.00. The molecule has 8 aromatic carbocycles. The van der Waals surface area contributed by atoms with Crippen molar-refractivity contribution in [3.05, 3.63) is 206 Å². The van der Waals surface area contributed by atoms with Gasteiger partial charge in [0.1, 0.15) is 0 Å². The van der Waals surface area contributed by atoms with Crippen LogP contribution in [0.15, 0.2) is 206 Å². The van der Waals surface area contributed by atoms with E-state index in [4.69, 9.17) is 15.0 Å². The second kappa shape index (κ2) is 14.2.